The third kappa shape index (κ3) is 3.76. The molecule has 3 rings (SSSR count). The van der Waals surface area contributed by atoms with E-state index in [-0.39, 0.29) is 6.54 Å². The monoisotopic (exact) mass is 354 g/mol. The van der Waals surface area contributed by atoms with E-state index in [1.54, 1.807) is 18.2 Å². The largest absolute Gasteiger partial charge is 0.365 e. The van der Waals surface area contributed by atoms with Crippen molar-refractivity contribution in [3.8, 4) is 6.07 Å². The van der Waals surface area contributed by atoms with Crippen LogP contribution in [0.3, 0.4) is 0 Å². The van der Waals surface area contributed by atoms with Gasteiger partial charge in [-0.1, -0.05) is 18.2 Å². The molecule has 6 nitrogen and oxygen atoms in total. The molecule has 1 aliphatic rings. The number of benzene rings is 2. The van der Waals surface area contributed by atoms with Crippen LogP contribution in [0.25, 0.3) is 0 Å². The highest BCUT2D eigenvalue weighted by molar-refractivity contribution is 5.70. The maximum atomic E-state index is 14.8. The van der Waals surface area contributed by atoms with Crippen LogP contribution in [0.1, 0.15) is 28.7 Å². The average molecular weight is 354 g/mol. The van der Waals surface area contributed by atoms with Crippen molar-refractivity contribution in [2.24, 2.45) is 5.73 Å². The van der Waals surface area contributed by atoms with Crippen molar-refractivity contribution in [1.82, 2.24) is 5.06 Å². The van der Waals surface area contributed by atoms with Crippen LogP contribution >= 0.6 is 0 Å². The molecule has 0 fully saturated rings. The number of amides is 2. The number of hydrogen-bond donors (Lipinski definition) is 2. The molecule has 0 unspecified atom stereocenters. The molecule has 2 amide bonds. The Kier molecular flexibility index (Phi) is 5.05. The van der Waals surface area contributed by atoms with Gasteiger partial charge in [0.25, 0.3) is 0 Å². The number of carbonyl (C=O) groups is 1. The summed E-state index contributed by atoms with van der Waals surface area (Å²) in [6, 6.07) is 11.5. The van der Waals surface area contributed by atoms with E-state index in [0.29, 0.717) is 35.0 Å². The summed E-state index contributed by atoms with van der Waals surface area (Å²) < 4.78 is 14.8. The molecule has 0 radical (unpaired) electrons. The summed E-state index contributed by atoms with van der Waals surface area (Å²) in [7, 11) is 0. The van der Waals surface area contributed by atoms with Gasteiger partial charge in [0.05, 0.1) is 23.9 Å². The van der Waals surface area contributed by atoms with E-state index in [0.717, 1.165) is 24.0 Å². The van der Waals surface area contributed by atoms with E-state index in [4.69, 9.17) is 11.0 Å². The van der Waals surface area contributed by atoms with Crippen LogP contribution < -0.4 is 10.6 Å². The Labute approximate surface area is 150 Å². The van der Waals surface area contributed by atoms with Crippen LogP contribution in [0, 0.1) is 17.1 Å². The second-order valence-electron chi connectivity index (χ2n) is 6.32. The van der Waals surface area contributed by atoms with Gasteiger partial charge in [-0.05, 0) is 47.7 Å². The first kappa shape index (κ1) is 17.7. The number of aryl methyl sites for hydroxylation is 1. The first-order chi connectivity index (χ1) is 12.5. The first-order valence-electron chi connectivity index (χ1n) is 8.29. The summed E-state index contributed by atoms with van der Waals surface area (Å²) in [6.45, 7) is 1.06. The zero-order chi connectivity index (χ0) is 18.7. The molecule has 0 bridgehead atoms. The molecule has 2 aromatic carbocycles. The molecular formula is C19H19FN4O2. The van der Waals surface area contributed by atoms with E-state index in [9.17, 15) is 14.4 Å². The molecule has 134 valence electrons. The van der Waals surface area contributed by atoms with Crippen molar-refractivity contribution in [3.05, 3.63) is 64.5 Å². The first-order valence-corrected chi connectivity index (χ1v) is 8.29. The smallest absolute Gasteiger partial charge is 0.338 e. The predicted molar refractivity (Wildman–Crippen MR) is 93.8 cm³/mol. The Morgan fingerprint density at radius 3 is 2.88 bits per heavy atom. The van der Waals surface area contributed by atoms with E-state index < -0.39 is 11.8 Å². The summed E-state index contributed by atoms with van der Waals surface area (Å²) in [4.78, 5) is 12.9. The van der Waals surface area contributed by atoms with Crippen molar-refractivity contribution >= 4 is 11.7 Å². The van der Waals surface area contributed by atoms with Crippen LogP contribution in [0.15, 0.2) is 36.4 Å². The third-order valence-electron chi connectivity index (χ3n) is 4.41. The Hall–Kier alpha value is -3.11. The Bertz CT molecular complexity index is 878. The number of carbonyl (C=O) groups excluding carboxylic acids is 1. The fourth-order valence-corrected chi connectivity index (χ4v) is 3.30. The summed E-state index contributed by atoms with van der Waals surface area (Å²) in [5, 5.41) is 18.9. The zero-order valence-corrected chi connectivity index (χ0v) is 14.2. The molecule has 7 heteroatoms. The summed E-state index contributed by atoms with van der Waals surface area (Å²) in [6.07, 6.45) is 1.59. The maximum absolute atomic E-state index is 14.8. The predicted octanol–water partition coefficient (Wildman–Crippen LogP) is 2.92. The van der Waals surface area contributed by atoms with Crippen LogP contribution in [-0.4, -0.2) is 22.8 Å². The number of rotatable bonds is 4. The quantitative estimate of drug-likeness (QED) is 0.652. The minimum Gasteiger partial charge on any atom is -0.365 e. The van der Waals surface area contributed by atoms with Gasteiger partial charge >= 0.3 is 6.03 Å². The molecular weight excluding hydrogens is 335 g/mol. The minimum absolute atomic E-state index is 0.163. The molecule has 1 heterocycles. The van der Waals surface area contributed by atoms with Crippen LogP contribution in [0.2, 0.25) is 0 Å². The molecule has 26 heavy (non-hydrogen) atoms. The van der Waals surface area contributed by atoms with Crippen LogP contribution in [-0.2, 0) is 19.5 Å². The number of nitriles is 1. The van der Waals surface area contributed by atoms with Crippen molar-refractivity contribution < 1.29 is 14.4 Å². The van der Waals surface area contributed by atoms with Gasteiger partial charge in [-0.15, -0.1) is 0 Å². The molecule has 2 aromatic rings. The number of anilines is 1. The van der Waals surface area contributed by atoms with Gasteiger partial charge in [0.2, 0.25) is 0 Å². The topological polar surface area (TPSA) is 93.6 Å². The van der Waals surface area contributed by atoms with Crippen molar-refractivity contribution in [2.75, 3.05) is 11.4 Å². The molecule has 3 N–H and O–H groups in total. The Morgan fingerprint density at radius 2 is 2.15 bits per heavy atom. The van der Waals surface area contributed by atoms with E-state index in [1.807, 2.05) is 17.0 Å². The lowest BCUT2D eigenvalue weighted by molar-refractivity contribution is -0.0471. The van der Waals surface area contributed by atoms with E-state index >= 15 is 0 Å². The maximum Gasteiger partial charge on any atom is 0.338 e. The fraction of sp³-hybridized carbons (Fsp3) is 0.263. The normalized spacial score (nSPS) is 13.0. The number of hydrogen-bond acceptors (Lipinski definition) is 4. The average Bonchev–Trinajstić information content (AvgIpc) is 2.61. The molecule has 1 aliphatic heterocycles. The third-order valence-corrected chi connectivity index (χ3v) is 4.41. The number of primary amides is 1. The second kappa shape index (κ2) is 7.42. The standard InChI is InChI=1S/C19H19FN4O2/c20-17-9-15(12-24(26)19(22)25)8-16-5-2-6-23(18(16)17)11-14-4-1-3-13(7-14)10-21/h1,3-4,7-9,26H,2,5-6,11-12H2,(H2,22,25). The second-order valence-corrected chi connectivity index (χ2v) is 6.32. The highest BCUT2D eigenvalue weighted by Crippen LogP contribution is 2.32. The molecule has 0 aliphatic carbocycles. The minimum atomic E-state index is -0.984. The molecule has 0 aromatic heterocycles. The van der Waals surface area contributed by atoms with Gasteiger partial charge < -0.3 is 10.6 Å². The molecule has 0 saturated heterocycles. The molecule has 0 saturated carbocycles. The number of halogens is 1. The summed E-state index contributed by atoms with van der Waals surface area (Å²) in [5.74, 6) is -0.397. The van der Waals surface area contributed by atoms with Gasteiger partial charge in [0, 0.05) is 13.1 Å². The fourth-order valence-electron chi connectivity index (χ4n) is 3.30. The summed E-state index contributed by atoms with van der Waals surface area (Å²) >= 11 is 0. The van der Waals surface area contributed by atoms with Crippen LogP contribution in [0.4, 0.5) is 14.9 Å². The number of nitrogens with zero attached hydrogens (tertiary/aromatic N) is 3. The van der Waals surface area contributed by atoms with Gasteiger partial charge in [-0.25, -0.2) is 14.2 Å². The molecule has 0 atom stereocenters. The van der Waals surface area contributed by atoms with Gasteiger partial charge in [-0.2, -0.15) is 5.26 Å². The summed E-state index contributed by atoms with van der Waals surface area (Å²) in [5.41, 5.74) is 8.37. The van der Waals surface area contributed by atoms with E-state index in [1.165, 1.54) is 6.07 Å². The molecule has 0 spiro atoms. The number of urea groups is 1. The van der Waals surface area contributed by atoms with E-state index in [2.05, 4.69) is 6.07 Å². The van der Waals surface area contributed by atoms with Crippen molar-refractivity contribution in [1.29, 1.82) is 5.26 Å². The Balaban J connectivity index is 1.87. The van der Waals surface area contributed by atoms with Gasteiger partial charge in [-0.3, -0.25) is 5.21 Å². The number of fused-ring (bicyclic) bond motifs is 1. The van der Waals surface area contributed by atoms with Crippen LogP contribution in [0.5, 0.6) is 0 Å². The number of hydroxylamine groups is 2. The van der Waals surface area contributed by atoms with Crippen molar-refractivity contribution in [3.63, 3.8) is 0 Å². The van der Waals surface area contributed by atoms with Gasteiger partial charge in [0.1, 0.15) is 5.82 Å². The van der Waals surface area contributed by atoms with Gasteiger partial charge in [0.15, 0.2) is 0 Å². The lowest BCUT2D eigenvalue weighted by atomic mass is 9.97. The number of nitrogens with two attached hydrogens (primary N) is 1. The van der Waals surface area contributed by atoms with Crippen molar-refractivity contribution in [2.45, 2.75) is 25.9 Å². The highest BCUT2D eigenvalue weighted by Gasteiger charge is 2.22. The zero-order valence-electron chi connectivity index (χ0n) is 14.2. The lowest BCUT2D eigenvalue weighted by Gasteiger charge is -2.32. The highest BCUT2D eigenvalue weighted by atomic mass is 19.1. The Morgan fingerprint density at radius 1 is 1.35 bits per heavy atom. The SMILES string of the molecule is N#Cc1cccc(CN2CCCc3cc(CN(O)C(N)=O)cc(F)c32)c1. The lowest BCUT2D eigenvalue weighted by Crippen LogP contribution is -2.33.